The zero-order chi connectivity index (χ0) is 11.4. The molecule has 78 valence electrons. The number of benzene rings is 1. The SMILES string of the molecule is Cc1cc(C#N)cc(CC(Br)C(N)=O)c1. The van der Waals surface area contributed by atoms with Crippen LogP contribution < -0.4 is 5.73 Å². The van der Waals surface area contributed by atoms with E-state index >= 15 is 0 Å². The first-order valence-electron chi connectivity index (χ1n) is 4.47. The van der Waals surface area contributed by atoms with Crippen LogP contribution in [0.1, 0.15) is 16.7 Å². The lowest BCUT2D eigenvalue weighted by Gasteiger charge is -2.06. The van der Waals surface area contributed by atoms with Gasteiger partial charge in [0, 0.05) is 0 Å². The Morgan fingerprint density at radius 1 is 1.60 bits per heavy atom. The number of halogens is 1. The maximum Gasteiger partial charge on any atom is 0.231 e. The molecule has 1 aromatic carbocycles. The summed E-state index contributed by atoms with van der Waals surface area (Å²) in [5.41, 5.74) is 7.69. The number of alkyl halides is 1. The predicted molar refractivity (Wildman–Crippen MR) is 61.5 cm³/mol. The number of hydrogen-bond donors (Lipinski definition) is 1. The van der Waals surface area contributed by atoms with Crippen molar-refractivity contribution in [3.8, 4) is 6.07 Å². The molecule has 0 radical (unpaired) electrons. The molecule has 15 heavy (non-hydrogen) atoms. The van der Waals surface area contributed by atoms with Crippen molar-refractivity contribution < 1.29 is 4.79 Å². The average molecular weight is 267 g/mol. The van der Waals surface area contributed by atoms with Crippen LogP contribution in [-0.2, 0) is 11.2 Å². The minimum Gasteiger partial charge on any atom is -0.369 e. The second-order valence-electron chi connectivity index (χ2n) is 3.39. The average Bonchev–Trinajstić information content (AvgIpc) is 2.16. The molecule has 2 N–H and O–H groups in total. The Bertz CT molecular complexity index is 423. The van der Waals surface area contributed by atoms with Gasteiger partial charge in [-0.2, -0.15) is 5.26 Å². The van der Waals surface area contributed by atoms with Gasteiger partial charge in [-0.1, -0.05) is 22.0 Å². The highest BCUT2D eigenvalue weighted by Gasteiger charge is 2.12. The zero-order valence-electron chi connectivity index (χ0n) is 8.33. The van der Waals surface area contributed by atoms with E-state index < -0.39 is 5.91 Å². The van der Waals surface area contributed by atoms with Crippen LogP contribution in [0.5, 0.6) is 0 Å². The van der Waals surface area contributed by atoms with Crippen molar-refractivity contribution in [2.75, 3.05) is 0 Å². The molecule has 1 aromatic rings. The van der Waals surface area contributed by atoms with Crippen molar-refractivity contribution >= 4 is 21.8 Å². The normalized spacial score (nSPS) is 11.8. The highest BCUT2D eigenvalue weighted by molar-refractivity contribution is 9.10. The van der Waals surface area contributed by atoms with E-state index in [1.807, 2.05) is 13.0 Å². The highest BCUT2D eigenvalue weighted by Crippen LogP contribution is 2.14. The van der Waals surface area contributed by atoms with Gasteiger partial charge in [-0.25, -0.2) is 0 Å². The quantitative estimate of drug-likeness (QED) is 0.846. The molecule has 0 heterocycles. The number of carbonyl (C=O) groups is 1. The van der Waals surface area contributed by atoms with E-state index in [4.69, 9.17) is 11.0 Å². The summed E-state index contributed by atoms with van der Waals surface area (Å²) in [5, 5.41) is 8.78. The molecular formula is C11H11BrN2O. The first kappa shape index (κ1) is 11.7. The van der Waals surface area contributed by atoms with Crippen molar-refractivity contribution in [1.82, 2.24) is 0 Å². The third kappa shape index (κ3) is 3.37. The van der Waals surface area contributed by atoms with Gasteiger partial charge < -0.3 is 5.73 Å². The lowest BCUT2D eigenvalue weighted by molar-refractivity contribution is -0.117. The number of amides is 1. The van der Waals surface area contributed by atoms with Crippen molar-refractivity contribution in [1.29, 1.82) is 5.26 Å². The largest absolute Gasteiger partial charge is 0.369 e. The second-order valence-corrected chi connectivity index (χ2v) is 4.50. The summed E-state index contributed by atoms with van der Waals surface area (Å²) in [6, 6.07) is 7.59. The fraction of sp³-hybridized carbons (Fsp3) is 0.273. The molecule has 0 bridgehead atoms. The molecule has 4 heteroatoms. The van der Waals surface area contributed by atoms with Gasteiger partial charge in [0.05, 0.1) is 16.5 Å². The number of nitrogens with zero attached hydrogens (tertiary/aromatic N) is 1. The van der Waals surface area contributed by atoms with Gasteiger partial charge in [0.15, 0.2) is 0 Å². The maximum absolute atomic E-state index is 10.9. The number of rotatable bonds is 3. The molecule has 0 aliphatic heterocycles. The van der Waals surface area contributed by atoms with Crippen molar-refractivity contribution in [2.45, 2.75) is 18.2 Å². The molecule has 1 rings (SSSR count). The summed E-state index contributed by atoms with van der Waals surface area (Å²) in [4.78, 5) is 10.5. The van der Waals surface area contributed by atoms with E-state index in [2.05, 4.69) is 22.0 Å². The Hall–Kier alpha value is -1.34. The first-order chi connectivity index (χ1) is 7.02. The molecule has 0 aromatic heterocycles. The fourth-order valence-corrected chi connectivity index (χ4v) is 1.73. The molecule has 1 unspecified atom stereocenters. The molecule has 0 aliphatic carbocycles. The van der Waals surface area contributed by atoms with E-state index in [9.17, 15) is 4.79 Å². The number of primary amides is 1. The fourth-order valence-electron chi connectivity index (χ4n) is 1.35. The molecule has 0 aliphatic rings. The third-order valence-corrected chi connectivity index (χ3v) is 2.76. The number of nitrogens with two attached hydrogens (primary N) is 1. The first-order valence-corrected chi connectivity index (χ1v) is 5.38. The van der Waals surface area contributed by atoms with E-state index in [1.54, 1.807) is 12.1 Å². The van der Waals surface area contributed by atoms with E-state index in [0.29, 0.717) is 12.0 Å². The zero-order valence-corrected chi connectivity index (χ0v) is 9.91. The molecule has 0 fully saturated rings. The second kappa shape index (κ2) is 4.94. The van der Waals surface area contributed by atoms with Gasteiger partial charge in [0.2, 0.25) is 5.91 Å². The summed E-state index contributed by atoms with van der Waals surface area (Å²) in [6.07, 6.45) is 0.506. The van der Waals surface area contributed by atoms with Gasteiger partial charge in [0.25, 0.3) is 0 Å². The lowest BCUT2D eigenvalue weighted by atomic mass is 10.0. The third-order valence-electron chi connectivity index (χ3n) is 1.99. The van der Waals surface area contributed by atoms with Crippen LogP contribution in [0.15, 0.2) is 18.2 Å². The Morgan fingerprint density at radius 3 is 2.80 bits per heavy atom. The summed E-state index contributed by atoms with van der Waals surface area (Å²) in [5.74, 6) is -0.394. The van der Waals surface area contributed by atoms with Crippen molar-refractivity contribution in [3.63, 3.8) is 0 Å². The standard InChI is InChI=1S/C11H11BrN2O/c1-7-2-8(4-9(3-7)6-13)5-10(12)11(14)15/h2-4,10H,5H2,1H3,(H2,14,15). The molecule has 3 nitrogen and oxygen atoms in total. The van der Waals surface area contributed by atoms with Gasteiger partial charge in [-0.3, -0.25) is 4.79 Å². The Labute approximate surface area is 97.0 Å². The molecule has 1 amide bonds. The van der Waals surface area contributed by atoms with Gasteiger partial charge in [-0.05, 0) is 36.6 Å². The molecule has 0 spiro atoms. The van der Waals surface area contributed by atoms with Crippen LogP contribution in [0.2, 0.25) is 0 Å². The summed E-state index contributed by atoms with van der Waals surface area (Å²) >= 11 is 3.19. The summed E-state index contributed by atoms with van der Waals surface area (Å²) in [7, 11) is 0. The maximum atomic E-state index is 10.9. The van der Waals surface area contributed by atoms with Gasteiger partial charge >= 0.3 is 0 Å². The molecule has 1 atom stereocenters. The van der Waals surface area contributed by atoms with E-state index in [0.717, 1.165) is 11.1 Å². The Balaban J connectivity index is 2.91. The smallest absolute Gasteiger partial charge is 0.231 e. The molecule has 0 saturated carbocycles. The monoisotopic (exact) mass is 266 g/mol. The van der Waals surface area contributed by atoms with Gasteiger partial charge in [-0.15, -0.1) is 0 Å². The van der Waals surface area contributed by atoms with Crippen molar-refractivity contribution in [3.05, 3.63) is 34.9 Å². The van der Waals surface area contributed by atoms with Crippen LogP contribution in [0.3, 0.4) is 0 Å². The highest BCUT2D eigenvalue weighted by atomic mass is 79.9. The van der Waals surface area contributed by atoms with Crippen molar-refractivity contribution in [2.24, 2.45) is 5.73 Å². The Morgan fingerprint density at radius 2 is 2.27 bits per heavy atom. The topological polar surface area (TPSA) is 66.9 Å². The number of hydrogen-bond acceptors (Lipinski definition) is 2. The van der Waals surface area contributed by atoms with Crippen LogP contribution in [0, 0.1) is 18.3 Å². The summed E-state index contributed by atoms with van der Waals surface area (Å²) in [6.45, 7) is 1.91. The Kier molecular flexibility index (Phi) is 3.87. The van der Waals surface area contributed by atoms with Crippen LogP contribution in [0.25, 0.3) is 0 Å². The van der Waals surface area contributed by atoms with Crippen LogP contribution in [-0.4, -0.2) is 10.7 Å². The van der Waals surface area contributed by atoms with Crippen LogP contribution >= 0.6 is 15.9 Å². The minimum atomic E-state index is -0.394. The predicted octanol–water partition coefficient (Wildman–Crippen LogP) is 1.66. The van der Waals surface area contributed by atoms with E-state index in [-0.39, 0.29) is 4.83 Å². The number of nitriles is 1. The van der Waals surface area contributed by atoms with Crippen LogP contribution in [0.4, 0.5) is 0 Å². The molecule has 0 saturated heterocycles. The minimum absolute atomic E-state index is 0.383. The van der Waals surface area contributed by atoms with E-state index in [1.165, 1.54) is 0 Å². The summed E-state index contributed by atoms with van der Waals surface area (Å²) < 4.78 is 0. The lowest BCUT2D eigenvalue weighted by Crippen LogP contribution is -2.25. The molecular weight excluding hydrogens is 256 g/mol. The number of carbonyl (C=O) groups excluding carboxylic acids is 1. The van der Waals surface area contributed by atoms with Gasteiger partial charge in [0.1, 0.15) is 0 Å². The number of aryl methyl sites for hydroxylation is 1.